The van der Waals surface area contributed by atoms with Crippen molar-refractivity contribution >= 4 is 44.8 Å². The maximum atomic E-state index is 12.5. The number of hydrogen-bond donors (Lipinski definition) is 3. The Morgan fingerprint density at radius 2 is 1.55 bits per heavy atom. The predicted molar refractivity (Wildman–Crippen MR) is 108 cm³/mol. The molecule has 0 radical (unpaired) electrons. The topological polar surface area (TPSA) is 139 Å². The summed E-state index contributed by atoms with van der Waals surface area (Å²) >= 11 is 0. The van der Waals surface area contributed by atoms with Crippen LogP contribution >= 0.6 is 0 Å². The van der Waals surface area contributed by atoms with Crippen LogP contribution in [0.25, 0.3) is 0 Å². The van der Waals surface area contributed by atoms with Gasteiger partial charge in [0.1, 0.15) is 0 Å². The van der Waals surface area contributed by atoms with Gasteiger partial charge in [0.15, 0.2) is 0 Å². The van der Waals surface area contributed by atoms with Gasteiger partial charge in [-0.25, -0.2) is 13.6 Å². The van der Waals surface area contributed by atoms with Gasteiger partial charge in [-0.2, -0.15) is 0 Å². The summed E-state index contributed by atoms with van der Waals surface area (Å²) in [7, 11) is -3.81. The molecule has 2 aromatic rings. The molecule has 10 heteroatoms. The van der Waals surface area contributed by atoms with E-state index in [2.05, 4.69) is 10.6 Å². The van der Waals surface area contributed by atoms with E-state index in [1.54, 1.807) is 24.3 Å². The number of nitrogens with zero attached hydrogens (tertiary/aromatic N) is 1. The highest BCUT2D eigenvalue weighted by molar-refractivity contribution is 7.89. The average molecular weight is 416 g/mol. The van der Waals surface area contributed by atoms with Crippen LogP contribution in [0.1, 0.15) is 13.3 Å². The van der Waals surface area contributed by atoms with Crippen LogP contribution in [0.4, 0.5) is 17.1 Å². The minimum Gasteiger partial charge on any atom is -0.326 e. The largest absolute Gasteiger partial charge is 0.326 e. The third-order valence-corrected chi connectivity index (χ3v) is 5.37. The molecule has 2 aromatic carbocycles. The molecule has 0 spiro atoms. The Morgan fingerprint density at radius 1 is 1.00 bits per heavy atom. The van der Waals surface area contributed by atoms with Crippen LogP contribution in [0, 0.1) is 5.92 Å². The first-order valence-electron chi connectivity index (χ1n) is 8.75. The van der Waals surface area contributed by atoms with E-state index in [0.717, 1.165) is 0 Å². The Morgan fingerprint density at radius 3 is 2.10 bits per heavy atom. The maximum Gasteiger partial charge on any atom is 0.238 e. The third-order valence-electron chi connectivity index (χ3n) is 4.45. The fourth-order valence-corrected chi connectivity index (χ4v) is 3.55. The van der Waals surface area contributed by atoms with Crippen molar-refractivity contribution in [2.45, 2.75) is 18.2 Å². The van der Waals surface area contributed by atoms with E-state index in [4.69, 9.17) is 5.14 Å². The molecule has 1 atom stereocenters. The van der Waals surface area contributed by atoms with Gasteiger partial charge in [0.05, 0.1) is 10.8 Å². The van der Waals surface area contributed by atoms with Gasteiger partial charge in [-0.1, -0.05) is 0 Å². The van der Waals surface area contributed by atoms with Gasteiger partial charge < -0.3 is 15.5 Å². The molecule has 4 N–H and O–H groups in total. The van der Waals surface area contributed by atoms with Crippen molar-refractivity contribution in [3.63, 3.8) is 0 Å². The van der Waals surface area contributed by atoms with E-state index < -0.39 is 15.9 Å². The highest BCUT2D eigenvalue weighted by Gasteiger charge is 2.35. The van der Waals surface area contributed by atoms with Gasteiger partial charge in [0.2, 0.25) is 27.7 Å². The number of primary sulfonamides is 1. The number of hydrogen-bond acceptors (Lipinski definition) is 5. The van der Waals surface area contributed by atoms with E-state index in [1.165, 1.54) is 36.1 Å². The monoisotopic (exact) mass is 416 g/mol. The summed E-state index contributed by atoms with van der Waals surface area (Å²) in [5.41, 5.74) is 1.66. The molecule has 29 heavy (non-hydrogen) atoms. The molecule has 1 saturated heterocycles. The molecule has 9 nitrogen and oxygen atoms in total. The van der Waals surface area contributed by atoms with Gasteiger partial charge in [0, 0.05) is 37.0 Å². The Bertz CT molecular complexity index is 1050. The van der Waals surface area contributed by atoms with Gasteiger partial charge in [-0.15, -0.1) is 0 Å². The highest BCUT2D eigenvalue weighted by Crippen LogP contribution is 2.27. The SMILES string of the molecule is CC(=O)Nc1ccc(N2CC(C(=O)Nc3ccc(S(N)(=O)=O)cc3)CC2=O)cc1. The van der Waals surface area contributed by atoms with Crippen molar-refractivity contribution in [3.8, 4) is 0 Å². The van der Waals surface area contributed by atoms with Crippen LogP contribution < -0.4 is 20.7 Å². The zero-order valence-corrected chi connectivity index (χ0v) is 16.4. The molecule has 3 rings (SSSR count). The normalized spacial score (nSPS) is 16.6. The van der Waals surface area contributed by atoms with Crippen molar-refractivity contribution in [2.75, 3.05) is 22.1 Å². The fraction of sp³-hybridized carbons (Fsp3) is 0.211. The molecule has 0 aromatic heterocycles. The van der Waals surface area contributed by atoms with Crippen molar-refractivity contribution in [1.29, 1.82) is 0 Å². The second kappa shape index (κ2) is 8.02. The van der Waals surface area contributed by atoms with E-state index in [9.17, 15) is 22.8 Å². The number of nitrogens with two attached hydrogens (primary N) is 1. The summed E-state index contributed by atoms with van der Waals surface area (Å²) < 4.78 is 22.6. The molecule has 1 aliphatic heterocycles. The first-order chi connectivity index (χ1) is 13.6. The lowest BCUT2D eigenvalue weighted by Crippen LogP contribution is -2.28. The van der Waals surface area contributed by atoms with E-state index in [1.807, 2.05) is 0 Å². The Labute approximate surface area is 167 Å². The van der Waals surface area contributed by atoms with Gasteiger partial charge in [-0.05, 0) is 48.5 Å². The Hall–Kier alpha value is -3.24. The van der Waals surface area contributed by atoms with Crippen molar-refractivity contribution in [3.05, 3.63) is 48.5 Å². The molecule has 0 aliphatic carbocycles. The number of carbonyl (C=O) groups excluding carboxylic acids is 3. The number of carbonyl (C=O) groups is 3. The average Bonchev–Trinajstić information content (AvgIpc) is 3.03. The number of rotatable bonds is 5. The van der Waals surface area contributed by atoms with Crippen molar-refractivity contribution < 1.29 is 22.8 Å². The summed E-state index contributed by atoms with van der Waals surface area (Å²) in [6.45, 7) is 1.63. The smallest absolute Gasteiger partial charge is 0.238 e. The first-order valence-corrected chi connectivity index (χ1v) is 10.3. The predicted octanol–water partition coefficient (Wildman–Crippen LogP) is 1.28. The highest BCUT2D eigenvalue weighted by atomic mass is 32.2. The number of anilines is 3. The van der Waals surface area contributed by atoms with Gasteiger partial charge in [0.25, 0.3) is 0 Å². The quantitative estimate of drug-likeness (QED) is 0.674. The lowest BCUT2D eigenvalue weighted by atomic mass is 10.1. The Kier molecular flexibility index (Phi) is 5.66. The number of benzene rings is 2. The summed E-state index contributed by atoms with van der Waals surface area (Å²) in [5, 5.41) is 10.4. The minimum absolute atomic E-state index is 0.0552. The molecule has 1 heterocycles. The van der Waals surface area contributed by atoms with Crippen LogP contribution in [0.5, 0.6) is 0 Å². The molecule has 3 amide bonds. The second-order valence-corrected chi connectivity index (χ2v) is 8.25. The second-order valence-electron chi connectivity index (χ2n) is 6.69. The maximum absolute atomic E-state index is 12.5. The standard InChI is InChI=1S/C19H20N4O5S/c1-12(24)21-14-2-6-16(7-3-14)23-11-13(10-18(23)25)19(26)22-15-4-8-17(9-5-15)29(20,27)28/h2-9,13H,10-11H2,1H3,(H,21,24)(H,22,26)(H2,20,27,28). The lowest BCUT2D eigenvalue weighted by Gasteiger charge is -2.17. The van der Waals surface area contributed by atoms with E-state index in [0.29, 0.717) is 17.1 Å². The van der Waals surface area contributed by atoms with Crippen LogP contribution in [-0.4, -0.2) is 32.7 Å². The summed E-state index contributed by atoms with van der Waals surface area (Å²) in [6, 6.07) is 12.3. The van der Waals surface area contributed by atoms with Crippen LogP contribution in [-0.2, 0) is 24.4 Å². The number of sulfonamides is 1. The minimum atomic E-state index is -3.81. The molecule has 152 valence electrons. The molecule has 1 fully saturated rings. The molecule has 0 bridgehead atoms. The summed E-state index contributed by atoms with van der Waals surface area (Å²) in [4.78, 5) is 37.4. The van der Waals surface area contributed by atoms with Crippen LogP contribution in [0.15, 0.2) is 53.4 Å². The van der Waals surface area contributed by atoms with Crippen molar-refractivity contribution in [1.82, 2.24) is 0 Å². The van der Waals surface area contributed by atoms with Gasteiger partial charge >= 0.3 is 0 Å². The molecule has 0 saturated carbocycles. The summed E-state index contributed by atoms with van der Waals surface area (Å²) in [5.74, 6) is -1.25. The lowest BCUT2D eigenvalue weighted by molar-refractivity contribution is -0.122. The van der Waals surface area contributed by atoms with Gasteiger partial charge in [-0.3, -0.25) is 14.4 Å². The number of nitrogens with one attached hydrogen (secondary N) is 2. The zero-order chi connectivity index (χ0) is 21.2. The van der Waals surface area contributed by atoms with Crippen molar-refractivity contribution in [2.24, 2.45) is 11.1 Å². The molecule has 1 aliphatic rings. The van der Waals surface area contributed by atoms with E-state index in [-0.39, 0.29) is 35.6 Å². The molecule has 1 unspecified atom stereocenters. The molecular formula is C19H20N4O5S. The Balaban J connectivity index is 1.65. The van der Waals surface area contributed by atoms with E-state index >= 15 is 0 Å². The zero-order valence-electron chi connectivity index (χ0n) is 15.6. The third kappa shape index (κ3) is 4.98. The van der Waals surface area contributed by atoms with Crippen LogP contribution in [0.2, 0.25) is 0 Å². The first kappa shape index (κ1) is 20.5. The number of amides is 3. The van der Waals surface area contributed by atoms with Crippen LogP contribution in [0.3, 0.4) is 0 Å². The fourth-order valence-electron chi connectivity index (χ4n) is 3.03. The molecular weight excluding hydrogens is 396 g/mol. The summed E-state index contributed by atoms with van der Waals surface area (Å²) in [6.07, 6.45) is 0.0640.